The van der Waals surface area contributed by atoms with Crippen LogP contribution in [0.2, 0.25) is 0 Å². The normalized spacial score (nSPS) is 22.4. The van der Waals surface area contributed by atoms with E-state index in [1.165, 1.54) is 23.1 Å². The van der Waals surface area contributed by atoms with E-state index < -0.39 is 23.5 Å². The van der Waals surface area contributed by atoms with Gasteiger partial charge in [-0.3, -0.25) is 9.69 Å². The summed E-state index contributed by atoms with van der Waals surface area (Å²) in [6.45, 7) is 1.88. The summed E-state index contributed by atoms with van der Waals surface area (Å²) < 4.78 is 18.3. The summed E-state index contributed by atoms with van der Waals surface area (Å²) in [4.78, 5) is 23.7. The molecular formula is C13H14FNO4. The average Bonchev–Trinajstić information content (AvgIpc) is 2.63. The lowest BCUT2D eigenvalue weighted by molar-refractivity contribution is -0.138. The number of amides is 1. The van der Waals surface area contributed by atoms with E-state index in [1.807, 2.05) is 0 Å². The maximum atomic E-state index is 13.1. The number of cyclic esters (lactones) is 1. The SMILES string of the molecule is CC1(CCC(=O)O)CN(c2cccc(F)c2)C(=O)O1. The van der Waals surface area contributed by atoms with E-state index in [9.17, 15) is 14.0 Å². The van der Waals surface area contributed by atoms with Crippen LogP contribution in [0, 0.1) is 5.82 Å². The van der Waals surface area contributed by atoms with Crippen molar-refractivity contribution < 1.29 is 23.8 Å². The average molecular weight is 267 g/mol. The standard InChI is InChI=1S/C13H14FNO4/c1-13(6-5-11(16)17)8-15(12(18)19-13)10-4-2-3-9(14)7-10/h2-4,7H,5-6,8H2,1H3,(H,16,17). The molecule has 102 valence electrons. The molecule has 0 aromatic heterocycles. The van der Waals surface area contributed by atoms with Crippen LogP contribution >= 0.6 is 0 Å². The number of carboxylic acids is 1. The Bertz CT molecular complexity index is 519. The van der Waals surface area contributed by atoms with Gasteiger partial charge in [0.25, 0.3) is 0 Å². The molecule has 2 rings (SSSR count). The van der Waals surface area contributed by atoms with Gasteiger partial charge in [0, 0.05) is 6.42 Å². The lowest BCUT2D eigenvalue weighted by atomic mass is 10.00. The van der Waals surface area contributed by atoms with E-state index in [0.717, 1.165) is 0 Å². The number of carbonyl (C=O) groups is 2. The number of hydrogen-bond acceptors (Lipinski definition) is 3. The van der Waals surface area contributed by atoms with E-state index in [1.54, 1.807) is 13.0 Å². The molecule has 0 spiro atoms. The molecule has 0 saturated carbocycles. The molecule has 1 atom stereocenters. The van der Waals surface area contributed by atoms with Crippen molar-refractivity contribution in [1.82, 2.24) is 0 Å². The third-order valence-electron chi connectivity index (χ3n) is 3.03. The van der Waals surface area contributed by atoms with Crippen LogP contribution in [0.4, 0.5) is 14.9 Å². The Morgan fingerprint density at radius 1 is 1.58 bits per heavy atom. The minimum atomic E-state index is -0.943. The molecule has 0 aliphatic carbocycles. The fraction of sp³-hybridized carbons (Fsp3) is 0.385. The maximum absolute atomic E-state index is 13.1. The molecule has 19 heavy (non-hydrogen) atoms. The Morgan fingerprint density at radius 3 is 2.95 bits per heavy atom. The van der Waals surface area contributed by atoms with Gasteiger partial charge in [-0.1, -0.05) is 6.07 Å². The third kappa shape index (κ3) is 3.01. The lowest BCUT2D eigenvalue weighted by Gasteiger charge is -2.20. The summed E-state index contributed by atoms with van der Waals surface area (Å²) in [5, 5.41) is 8.67. The van der Waals surface area contributed by atoms with Gasteiger partial charge in [-0.05, 0) is 31.5 Å². The highest BCUT2D eigenvalue weighted by molar-refractivity contribution is 5.90. The highest BCUT2D eigenvalue weighted by Crippen LogP contribution is 2.31. The number of hydrogen-bond donors (Lipinski definition) is 1. The second-order valence-electron chi connectivity index (χ2n) is 4.78. The number of aliphatic carboxylic acids is 1. The van der Waals surface area contributed by atoms with Crippen molar-refractivity contribution in [1.29, 1.82) is 0 Å². The highest BCUT2D eigenvalue weighted by atomic mass is 19.1. The van der Waals surface area contributed by atoms with Crippen LogP contribution in [0.3, 0.4) is 0 Å². The van der Waals surface area contributed by atoms with Gasteiger partial charge in [0.05, 0.1) is 12.2 Å². The second kappa shape index (κ2) is 4.87. The molecule has 1 aliphatic heterocycles. The van der Waals surface area contributed by atoms with Crippen molar-refractivity contribution >= 4 is 17.7 Å². The zero-order valence-electron chi connectivity index (χ0n) is 10.4. The Morgan fingerprint density at radius 2 is 2.32 bits per heavy atom. The van der Waals surface area contributed by atoms with Crippen molar-refractivity contribution in [3.05, 3.63) is 30.1 Å². The van der Waals surface area contributed by atoms with Crippen LogP contribution in [0.15, 0.2) is 24.3 Å². The minimum absolute atomic E-state index is 0.0826. The van der Waals surface area contributed by atoms with Gasteiger partial charge in [-0.2, -0.15) is 0 Å². The Labute approximate surface area is 109 Å². The first-order valence-electron chi connectivity index (χ1n) is 5.87. The first kappa shape index (κ1) is 13.3. The molecule has 1 aliphatic rings. The number of halogens is 1. The van der Waals surface area contributed by atoms with Crippen LogP contribution in [0.25, 0.3) is 0 Å². The fourth-order valence-electron chi connectivity index (χ4n) is 2.04. The third-order valence-corrected chi connectivity index (χ3v) is 3.03. The molecular weight excluding hydrogens is 253 g/mol. The van der Waals surface area contributed by atoms with Gasteiger partial charge >= 0.3 is 12.1 Å². The number of rotatable bonds is 4. The number of anilines is 1. The summed E-state index contributed by atoms with van der Waals surface area (Å²) in [6.07, 6.45) is -0.445. The van der Waals surface area contributed by atoms with Gasteiger partial charge in [0.1, 0.15) is 11.4 Å². The topological polar surface area (TPSA) is 66.8 Å². The molecule has 1 saturated heterocycles. The molecule has 5 nitrogen and oxygen atoms in total. The summed E-state index contributed by atoms with van der Waals surface area (Å²) in [7, 11) is 0. The first-order valence-corrected chi connectivity index (χ1v) is 5.87. The number of carboxylic acid groups (broad SMARTS) is 1. The van der Waals surface area contributed by atoms with Gasteiger partial charge < -0.3 is 9.84 Å². The van der Waals surface area contributed by atoms with Gasteiger partial charge in [-0.15, -0.1) is 0 Å². The van der Waals surface area contributed by atoms with Gasteiger partial charge in [0.15, 0.2) is 0 Å². The smallest absolute Gasteiger partial charge is 0.415 e. The molecule has 0 bridgehead atoms. The first-order chi connectivity index (χ1) is 8.89. The van der Waals surface area contributed by atoms with E-state index in [2.05, 4.69) is 0 Å². The number of carbonyl (C=O) groups excluding carboxylic acids is 1. The van der Waals surface area contributed by atoms with E-state index in [-0.39, 0.29) is 19.4 Å². The lowest BCUT2D eigenvalue weighted by Crippen LogP contribution is -2.32. The van der Waals surface area contributed by atoms with Crippen molar-refractivity contribution in [3.8, 4) is 0 Å². The molecule has 1 unspecified atom stereocenters. The van der Waals surface area contributed by atoms with Crippen LogP contribution in [0.1, 0.15) is 19.8 Å². The highest BCUT2D eigenvalue weighted by Gasteiger charge is 2.42. The molecule has 6 heteroatoms. The zero-order valence-corrected chi connectivity index (χ0v) is 10.4. The molecule has 1 amide bonds. The van der Waals surface area contributed by atoms with E-state index >= 15 is 0 Å². The summed E-state index contributed by atoms with van der Waals surface area (Å²) in [6, 6.07) is 5.64. The predicted octanol–water partition coefficient (Wildman–Crippen LogP) is 2.41. The molecule has 1 fully saturated rings. The van der Waals surface area contributed by atoms with E-state index in [0.29, 0.717) is 5.69 Å². The molecule has 1 heterocycles. The largest absolute Gasteiger partial charge is 0.481 e. The van der Waals surface area contributed by atoms with Crippen molar-refractivity contribution in [2.75, 3.05) is 11.4 Å². The van der Waals surface area contributed by atoms with Crippen molar-refractivity contribution in [2.24, 2.45) is 0 Å². The maximum Gasteiger partial charge on any atom is 0.415 e. The zero-order chi connectivity index (χ0) is 14.0. The molecule has 0 radical (unpaired) electrons. The van der Waals surface area contributed by atoms with Crippen molar-refractivity contribution in [3.63, 3.8) is 0 Å². The summed E-state index contributed by atoms with van der Waals surface area (Å²) in [5.41, 5.74) is -0.453. The molecule has 1 aromatic carbocycles. The van der Waals surface area contributed by atoms with E-state index in [4.69, 9.17) is 9.84 Å². The van der Waals surface area contributed by atoms with Crippen LogP contribution < -0.4 is 4.90 Å². The number of ether oxygens (including phenoxy) is 1. The molecule has 1 aromatic rings. The Kier molecular flexibility index (Phi) is 3.42. The van der Waals surface area contributed by atoms with Gasteiger partial charge in [-0.25, -0.2) is 9.18 Å². The predicted molar refractivity (Wildman–Crippen MR) is 65.5 cm³/mol. The van der Waals surface area contributed by atoms with Crippen molar-refractivity contribution in [2.45, 2.75) is 25.4 Å². The minimum Gasteiger partial charge on any atom is -0.481 e. The quantitative estimate of drug-likeness (QED) is 0.909. The summed E-state index contributed by atoms with van der Waals surface area (Å²) in [5.74, 6) is -1.38. The Balaban J connectivity index is 2.13. The van der Waals surface area contributed by atoms with Crippen LogP contribution in [0.5, 0.6) is 0 Å². The van der Waals surface area contributed by atoms with Crippen LogP contribution in [-0.2, 0) is 9.53 Å². The number of nitrogens with zero attached hydrogens (tertiary/aromatic N) is 1. The summed E-state index contributed by atoms with van der Waals surface area (Å²) >= 11 is 0. The Hall–Kier alpha value is -2.11. The van der Waals surface area contributed by atoms with Gasteiger partial charge in [0.2, 0.25) is 0 Å². The fourth-order valence-corrected chi connectivity index (χ4v) is 2.04. The van der Waals surface area contributed by atoms with Crippen LogP contribution in [-0.4, -0.2) is 29.3 Å². The second-order valence-corrected chi connectivity index (χ2v) is 4.78. The number of benzene rings is 1. The monoisotopic (exact) mass is 267 g/mol. The molecule has 1 N–H and O–H groups in total.